The van der Waals surface area contributed by atoms with E-state index in [0.717, 1.165) is 41.2 Å². The van der Waals surface area contributed by atoms with E-state index in [9.17, 15) is 9.59 Å². The molecule has 1 saturated heterocycles. The summed E-state index contributed by atoms with van der Waals surface area (Å²) in [4.78, 5) is 33.6. The van der Waals surface area contributed by atoms with E-state index in [2.05, 4.69) is 30.7 Å². The quantitative estimate of drug-likeness (QED) is 0.454. The second-order valence-electron chi connectivity index (χ2n) is 8.15. The fraction of sp³-hybridized carbons (Fsp3) is 0.318. The number of hydrogen-bond donors (Lipinski definition) is 2. The predicted octanol–water partition coefficient (Wildman–Crippen LogP) is 2.79. The Morgan fingerprint density at radius 3 is 2.67 bits per heavy atom. The highest BCUT2D eigenvalue weighted by Crippen LogP contribution is 2.30. The number of fused-ring (bicyclic) bond motifs is 1. The van der Waals surface area contributed by atoms with Crippen molar-refractivity contribution in [3.8, 4) is 10.4 Å². The Bertz CT molecular complexity index is 1330. The molecule has 2 amide bonds. The Labute approximate surface area is 194 Å². The van der Waals surface area contributed by atoms with Crippen LogP contribution in [0.2, 0.25) is 0 Å². The van der Waals surface area contributed by atoms with E-state index < -0.39 is 0 Å². The molecule has 4 aromatic heterocycles. The third kappa shape index (κ3) is 4.50. The molecule has 0 aliphatic carbocycles. The second kappa shape index (κ2) is 8.75. The maximum Gasteiger partial charge on any atom is 0.260 e. The van der Waals surface area contributed by atoms with Gasteiger partial charge in [-0.25, -0.2) is 4.52 Å². The molecule has 0 unspecified atom stereocenters. The van der Waals surface area contributed by atoms with Gasteiger partial charge in [-0.3, -0.25) is 24.2 Å². The number of carbonyl (C=O) groups excluding carboxylic acids is 2. The molecule has 33 heavy (non-hydrogen) atoms. The number of aromatic nitrogens is 5. The van der Waals surface area contributed by atoms with Crippen LogP contribution in [0.25, 0.3) is 15.3 Å². The normalized spacial score (nSPS) is 14.1. The molecule has 0 saturated carbocycles. The minimum absolute atomic E-state index is 0.0836. The first-order valence-corrected chi connectivity index (χ1v) is 11.5. The summed E-state index contributed by atoms with van der Waals surface area (Å²) in [5, 5.41) is 14.3. The van der Waals surface area contributed by atoms with Gasteiger partial charge < -0.3 is 10.6 Å². The lowest BCUT2D eigenvalue weighted by Crippen LogP contribution is -2.30. The van der Waals surface area contributed by atoms with Gasteiger partial charge in [-0.05, 0) is 38.9 Å². The number of rotatable bonds is 6. The lowest BCUT2D eigenvalue weighted by molar-refractivity contribution is -0.117. The maximum absolute atomic E-state index is 13.1. The van der Waals surface area contributed by atoms with Gasteiger partial charge in [0.2, 0.25) is 5.91 Å². The van der Waals surface area contributed by atoms with Gasteiger partial charge in [0.1, 0.15) is 4.83 Å². The van der Waals surface area contributed by atoms with Crippen molar-refractivity contribution in [1.82, 2.24) is 29.3 Å². The van der Waals surface area contributed by atoms with Gasteiger partial charge in [0.15, 0.2) is 0 Å². The molecule has 11 heteroatoms. The first-order valence-electron chi connectivity index (χ1n) is 10.7. The Morgan fingerprint density at radius 1 is 1.09 bits per heavy atom. The molecule has 1 aliphatic rings. The van der Waals surface area contributed by atoms with Gasteiger partial charge in [-0.2, -0.15) is 10.2 Å². The Morgan fingerprint density at radius 2 is 1.91 bits per heavy atom. The molecule has 4 aromatic rings. The smallest absolute Gasteiger partial charge is 0.260 e. The van der Waals surface area contributed by atoms with Crippen molar-refractivity contribution < 1.29 is 9.59 Å². The highest BCUT2D eigenvalue weighted by molar-refractivity contribution is 7.21. The summed E-state index contributed by atoms with van der Waals surface area (Å²) in [6.07, 6.45) is 11.0. The van der Waals surface area contributed by atoms with Crippen LogP contribution in [-0.2, 0) is 11.8 Å². The summed E-state index contributed by atoms with van der Waals surface area (Å²) in [6, 6.07) is 1.73. The van der Waals surface area contributed by atoms with Gasteiger partial charge >= 0.3 is 0 Å². The van der Waals surface area contributed by atoms with Crippen LogP contribution < -0.4 is 10.6 Å². The Balaban J connectivity index is 1.32. The molecule has 0 atom stereocenters. The Hall–Kier alpha value is -3.57. The van der Waals surface area contributed by atoms with Gasteiger partial charge in [-0.1, -0.05) is 0 Å². The van der Waals surface area contributed by atoms with E-state index in [1.807, 2.05) is 26.4 Å². The van der Waals surface area contributed by atoms with Crippen molar-refractivity contribution in [2.45, 2.75) is 19.8 Å². The zero-order valence-electron chi connectivity index (χ0n) is 18.4. The molecule has 0 radical (unpaired) electrons. The van der Waals surface area contributed by atoms with Crippen LogP contribution in [0.1, 0.15) is 28.9 Å². The Kier molecular flexibility index (Phi) is 5.65. The predicted molar refractivity (Wildman–Crippen MR) is 127 cm³/mol. The number of thiazole rings is 1. The lowest BCUT2D eigenvalue weighted by Gasteiger charge is -2.15. The maximum atomic E-state index is 13.1. The van der Waals surface area contributed by atoms with E-state index >= 15 is 0 Å². The molecular weight excluding hydrogens is 440 g/mol. The molecule has 2 N–H and O–H groups in total. The summed E-state index contributed by atoms with van der Waals surface area (Å²) in [7, 11) is 1.86. The lowest BCUT2D eigenvalue weighted by atomic mass is 10.2. The molecular formula is C22H24N8O2S. The first kappa shape index (κ1) is 21.3. The van der Waals surface area contributed by atoms with E-state index in [1.165, 1.54) is 11.3 Å². The number of likely N-dealkylation sites (tertiary alicyclic amines) is 1. The molecule has 170 valence electrons. The van der Waals surface area contributed by atoms with Crippen molar-refractivity contribution >= 4 is 39.4 Å². The van der Waals surface area contributed by atoms with Crippen molar-refractivity contribution in [2.75, 3.05) is 30.3 Å². The largest absolute Gasteiger partial charge is 0.324 e. The van der Waals surface area contributed by atoms with Gasteiger partial charge in [0, 0.05) is 25.0 Å². The number of aryl methyl sites for hydroxylation is 2. The van der Waals surface area contributed by atoms with E-state index in [0.29, 0.717) is 29.2 Å². The first-order chi connectivity index (χ1) is 16.0. The third-order valence-corrected chi connectivity index (χ3v) is 6.78. The number of anilines is 2. The summed E-state index contributed by atoms with van der Waals surface area (Å²) in [5.41, 5.74) is 3.19. The summed E-state index contributed by atoms with van der Waals surface area (Å²) < 4.78 is 3.43. The van der Waals surface area contributed by atoms with E-state index in [1.54, 1.807) is 33.9 Å². The van der Waals surface area contributed by atoms with Crippen molar-refractivity contribution in [2.24, 2.45) is 7.05 Å². The molecule has 10 nitrogen and oxygen atoms in total. The average molecular weight is 465 g/mol. The minimum Gasteiger partial charge on any atom is -0.324 e. The minimum atomic E-state index is -0.282. The summed E-state index contributed by atoms with van der Waals surface area (Å²) in [5.74, 6) is -0.366. The molecule has 5 rings (SSSR count). The molecule has 0 spiro atoms. The van der Waals surface area contributed by atoms with E-state index in [4.69, 9.17) is 0 Å². The van der Waals surface area contributed by atoms with Crippen LogP contribution in [-0.4, -0.2) is 60.7 Å². The van der Waals surface area contributed by atoms with Crippen LogP contribution in [0.5, 0.6) is 0 Å². The van der Waals surface area contributed by atoms with Crippen LogP contribution in [0.3, 0.4) is 0 Å². The van der Waals surface area contributed by atoms with Crippen LogP contribution in [0, 0.1) is 6.92 Å². The monoisotopic (exact) mass is 464 g/mol. The number of nitrogens with one attached hydrogen (secondary N) is 2. The summed E-state index contributed by atoms with van der Waals surface area (Å²) in [6.45, 7) is 4.07. The van der Waals surface area contributed by atoms with Crippen molar-refractivity contribution in [1.29, 1.82) is 0 Å². The zero-order chi connectivity index (χ0) is 22.9. The summed E-state index contributed by atoms with van der Waals surface area (Å²) >= 11 is 1.48. The average Bonchev–Trinajstić information content (AvgIpc) is 3.55. The van der Waals surface area contributed by atoms with E-state index in [-0.39, 0.29) is 11.8 Å². The highest BCUT2D eigenvalue weighted by Gasteiger charge is 2.19. The van der Waals surface area contributed by atoms with Crippen molar-refractivity contribution in [3.05, 3.63) is 48.3 Å². The van der Waals surface area contributed by atoms with Gasteiger partial charge in [0.25, 0.3) is 5.91 Å². The number of pyridine rings is 1. The topological polar surface area (TPSA) is 109 Å². The highest BCUT2D eigenvalue weighted by atomic mass is 32.1. The number of amides is 2. The number of carbonyl (C=O) groups is 2. The SMILES string of the molecule is Cc1ncc(NC(=O)CN2CCCC2)cc1NC(=O)c1cnn2cc(-c3cnn(C)c3)sc12. The van der Waals surface area contributed by atoms with Crippen LogP contribution in [0.4, 0.5) is 11.4 Å². The third-order valence-electron chi connectivity index (χ3n) is 5.61. The fourth-order valence-electron chi connectivity index (χ4n) is 3.89. The number of hydrogen-bond acceptors (Lipinski definition) is 7. The fourth-order valence-corrected chi connectivity index (χ4v) is 4.92. The van der Waals surface area contributed by atoms with Crippen molar-refractivity contribution in [3.63, 3.8) is 0 Å². The molecule has 5 heterocycles. The van der Waals surface area contributed by atoms with Gasteiger partial charge in [-0.15, -0.1) is 11.3 Å². The van der Waals surface area contributed by atoms with Crippen LogP contribution >= 0.6 is 11.3 Å². The zero-order valence-corrected chi connectivity index (χ0v) is 19.2. The molecule has 1 fully saturated rings. The van der Waals surface area contributed by atoms with Gasteiger partial charge in [0.05, 0.1) is 52.6 Å². The molecule has 0 bridgehead atoms. The standard InChI is InChI=1S/C22H24N8O2S/c1-14-18(7-16(9-23-14)26-20(31)13-29-5-3-4-6-29)27-21(32)17-10-25-30-12-19(33-22(17)30)15-8-24-28(2)11-15/h7-12H,3-6,13H2,1-2H3,(H,26,31)(H,27,32). The molecule has 0 aromatic carbocycles. The molecule has 1 aliphatic heterocycles. The second-order valence-corrected chi connectivity index (χ2v) is 9.18. The number of nitrogens with zero attached hydrogens (tertiary/aromatic N) is 6. The van der Waals surface area contributed by atoms with Crippen LogP contribution in [0.15, 0.2) is 37.1 Å².